The highest BCUT2D eigenvalue weighted by molar-refractivity contribution is 5.71. The van der Waals surface area contributed by atoms with Crippen molar-refractivity contribution in [3.05, 3.63) is 58.9 Å². The number of halogens is 1. The van der Waals surface area contributed by atoms with Crippen molar-refractivity contribution in [1.82, 2.24) is 0 Å². The molecule has 0 bridgehead atoms. The van der Waals surface area contributed by atoms with Gasteiger partial charge in [0.15, 0.2) is 0 Å². The second-order valence-electron chi connectivity index (χ2n) is 4.32. The highest BCUT2D eigenvalue weighted by Gasteiger charge is 2.07. The summed E-state index contributed by atoms with van der Waals surface area (Å²) in [4.78, 5) is 0. The molecule has 2 rings (SSSR count). The average Bonchev–Trinajstić information content (AvgIpc) is 2.28. The first-order valence-electron chi connectivity index (χ1n) is 5.68. The van der Waals surface area contributed by atoms with Crippen molar-refractivity contribution < 1.29 is 4.39 Å². The Morgan fingerprint density at radius 3 is 2.29 bits per heavy atom. The van der Waals surface area contributed by atoms with Gasteiger partial charge in [0.05, 0.1) is 0 Å². The van der Waals surface area contributed by atoms with Gasteiger partial charge in [0.1, 0.15) is 5.82 Å². The van der Waals surface area contributed by atoms with Gasteiger partial charge in [-0.1, -0.05) is 18.2 Å². The van der Waals surface area contributed by atoms with Gasteiger partial charge < -0.3 is 5.73 Å². The lowest BCUT2D eigenvalue weighted by atomic mass is 9.94. The minimum atomic E-state index is -0.182. The Labute approximate surface area is 101 Å². The number of nitrogens with two attached hydrogens (primary N) is 1. The first-order chi connectivity index (χ1) is 8.11. The van der Waals surface area contributed by atoms with Crippen LogP contribution in [0, 0.1) is 19.7 Å². The van der Waals surface area contributed by atoms with E-state index < -0.39 is 0 Å². The Hall–Kier alpha value is -1.67. The maximum Gasteiger partial charge on any atom is 0.123 e. The van der Waals surface area contributed by atoms with E-state index >= 15 is 0 Å². The summed E-state index contributed by atoms with van der Waals surface area (Å²) in [7, 11) is 0. The number of aryl methyl sites for hydroxylation is 2. The standard InChI is InChI=1S/C15H16FN/c1-10-6-14(16)7-11(2)15(10)13-5-3-4-12(8-13)9-17/h3-8H,9,17H2,1-2H3. The minimum Gasteiger partial charge on any atom is -0.326 e. The fraction of sp³-hybridized carbons (Fsp3) is 0.200. The minimum absolute atomic E-state index is 0.182. The molecule has 0 aliphatic heterocycles. The number of benzene rings is 2. The Morgan fingerprint density at radius 2 is 1.71 bits per heavy atom. The van der Waals surface area contributed by atoms with Gasteiger partial charge in [-0.25, -0.2) is 4.39 Å². The largest absolute Gasteiger partial charge is 0.326 e. The van der Waals surface area contributed by atoms with Crippen LogP contribution in [0.4, 0.5) is 4.39 Å². The summed E-state index contributed by atoms with van der Waals surface area (Å²) in [5, 5.41) is 0. The summed E-state index contributed by atoms with van der Waals surface area (Å²) in [5.74, 6) is -0.182. The summed E-state index contributed by atoms with van der Waals surface area (Å²) < 4.78 is 13.2. The third-order valence-corrected chi connectivity index (χ3v) is 2.95. The summed E-state index contributed by atoms with van der Waals surface area (Å²) >= 11 is 0. The summed E-state index contributed by atoms with van der Waals surface area (Å²) in [5.41, 5.74) is 10.8. The van der Waals surface area contributed by atoms with Crippen LogP contribution in [-0.2, 0) is 6.54 Å². The van der Waals surface area contributed by atoms with E-state index in [1.165, 1.54) is 0 Å². The second kappa shape index (κ2) is 4.68. The van der Waals surface area contributed by atoms with Crippen LogP contribution in [-0.4, -0.2) is 0 Å². The van der Waals surface area contributed by atoms with E-state index in [4.69, 9.17) is 5.73 Å². The van der Waals surface area contributed by atoms with Gasteiger partial charge in [-0.3, -0.25) is 0 Å². The monoisotopic (exact) mass is 229 g/mol. The summed E-state index contributed by atoms with van der Waals surface area (Å²) in [6.45, 7) is 4.38. The first-order valence-corrected chi connectivity index (χ1v) is 5.68. The highest BCUT2D eigenvalue weighted by atomic mass is 19.1. The topological polar surface area (TPSA) is 26.0 Å². The summed E-state index contributed by atoms with van der Waals surface area (Å²) in [6.07, 6.45) is 0. The second-order valence-corrected chi connectivity index (χ2v) is 4.32. The first kappa shape index (κ1) is 11.8. The van der Waals surface area contributed by atoms with Crippen molar-refractivity contribution >= 4 is 0 Å². The van der Waals surface area contributed by atoms with Crippen molar-refractivity contribution in [2.45, 2.75) is 20.4 Å². The van der Waals surface area contributed by atoms with Crippen LogP contribution in [0.5, 0.6) is 0 Å². The van der Waals surface area contributed by atoms with Crippen LogP contribution >= 0.6 is 0 Å². The molecule has 0 radical (unpaired) electrons. The third-order valence-electron chi connectivity index (χ3n) is 2.95. The molecule has 0 amide bonds. The van der Waals surface area contributed by atoms with Gasteiger partial charge in [-0.2, -0.15) is 0 Å². The normalized spacial score (nSPS) is 10.6. The number of hydrogen-bond donors (Lipinski definition) is 1. The zero-order valence-corrected chi connectivity index (χ0v) is 10.1. The van der Waals surface area contributed by atoms with Gasteiger partial charge in [-0.15, -0.1) is 0 Å². The Morgan fingerprint density at radius 1 is 1.06 bits per heavy atom. The van der Waals surface area contributed by atoms with Crippen LogP contribution in [0.15, 0.2) is 36.4 Å². The van der Waals surface area contributed by atoms with Gasteiger partial charge in [0, 0.05) is 6.54 Å². The van der Waals surface area contributed by atoms with Gasteiger partial charge in [0.25, 0.3) is 0 Å². The van der Waals surface area contributed by atoms with Gasteiger partial charge >= 0.3 is 0 Å². The smallest absolute Gasteiger partial charge is 0.123 e. The Balaban J connectivity index is 2.60. The molecule has 0 aliphatic carbocycles. The molecule has 2 N–H and O–H groups in total. The van der Waals surface area contributed by atoms with Crippen molar-refractivity contribution in [2.75, 3.05) is 0 Å². The fourth-order valence-electron chi connectivity index (χ4n) is 2.22. The van der Waals surface area contributed by atoms with Crippen molar-refractivity contribution in [3.63, 3.8) is 0 Å². The van der Waals surface area contributed by atoms with E-state index in [1.54, 1.807) is 12.1 Å². The molecule has 0 atom stereocenters. The molecular weight excluding hydrogens is 213 g/mol. The molecule has 0 aromatic heterocycles. The molecule has 2 aromatic rings. The molecule has 88 valence electrons. The van der Waals surface area contributed by atoms with Crippen LogP contribution in [0.25, 0.3) is 11.1 Å². The van der Waals surface area contributed by atoms with Gasteiger partial charge in [-0.05, 0) is 59.9 Å². The fourth-order valence-corrected chi connectivity index (χ4v) is 2.22. The average molecular weight is 229 g/mol. The van der Waals surface area contributed by atoms with E-state index in [9.17, 15) is 4.39 Å². The molecule has 0 unspecified atom stereocenters. The van der Waals surface area contributed by atoms with Gasteiger partial charge in [0.2, 0.25) is 0 Å². The Kier molecular flexibility index (Phi) is 3.25. The maximum atomic E-state index is 13.2. The SMILES string of the molecule is Cc1cc(F)cc(C)c1-c1cccc(CN)c1. The van der Waals surface area contributed by atoms with Crippen LogP contribution in [0.2, 0.25) is 0 Å². The zero-order valence-electron chi connectivity index (χ0n) is 10.1. The number of rotatable bonds is 2. The maximum absolute atomic E-state index is 13.2. The molecule has 0 aliphatic rings. The van der Waals surface area contributed by atoms with E-state index in [1.807, 2.05) is 32.0 Å². The molecule has 1 nitrogen and oxygen atoms in total. The molecule has 17 heavy (non-hydrogen) atoms. The van der Waals surface area contributed by atoms with E-state index in [-0.39, 0.29) is 5.82 Å². The molecule has 0 spiro atoms. The lowest BCUT2D eigenvalue weighted by Crippen LogP contribution is -1.97. The predicted octanol–water partition coefficient (Wildman–Crippen LogP) is 3.57. The van der Waals surface area contributed by atoms with Crippen molar-refractivity contribution in [3.8, 4) is 11.1 Å². The lowest BCUT2D eigenvalue weighted by Gasteiger charge is -2.11. The highest BCUT2D eigenvalue weighted by Crippen LogP contribution is 2.28. The zero-order chi connectivity index (χ0) is 12.4. The van der Waals surface area contributed by atoms with E-state index in [0.717, 1.165) is 27.8 Å². The van der Waals surface area contributed by atoms with Crippen molar-refractivity contribution in [1.29, 1.82) is 0 Å². The molecule has 0 saturated heterocycles. The third kappa shape index (κ3) is 2.37. The van der Waals surface area contributed by atoms with Crippen LogP contribution in [0.1, 0.15) is 16.7 Å². The summed E-state index contributed by atoms with van der Waals surface area (Å²) in [6, 6.07) is 11.2. The molecular formula is C15H16FN. The van der Waals surface area contributed by atoms with Crippen LogP contribution < -0.4 is 5.73 Å². The molecule has 0 heterocycles. The molecule has 0 fully saturated rings. The lowest BCUT2D eigenvalue weighted by molar-refractivity contribution is 0.625. The molecule has 2 aromatic carbocycles. The van der Waals surface area contributed by atoms with E-state index in [2.05, 4.69) is 6.07 Å². The molecule has 0 saturated carbocycles. The van der Waals surface area contributed by atoms with Crippen LogP contribution in [0.3, 0.4) is 0 Å². The Bertz CT molecular complexity index is 523. The van der Waals surface area contributed by atoms with Crippen molar-refractivity contribution in [2.24, 2.45) is 5.73 Å². The predicted molar refractivity (Wildman–Crippen MR) is 69.2 cm³/mol. The number of hydrogen-bond acceptors (Lipinski definition) is 1. The molecule has 2 heteroatoms. The quantitative estimate of drug-likeness (QED) is 0.837. The van der Waals surface area contributed by atoms with E-state index in [0.29, 0.717) is 6.54 Å².